The Hall–Kier alpha value is -3.77. The first kappa shape index (κ1) is 31.6. The number of ketones is 1. The highest BCUT2D eigenvalue weighted by Gasteiger charge is 2.45. The maximum absolute atomic E-state index is 14.1. The second kappa shape index (κ2) is 12.0. The zero-order valence-corrected chi connectivity index (χ0v) is 27.5. The van der Waals surface area contributed by atoms with Crippen LogP contribution in [-0.4, -0.2) is 10.7 Å². The van der Waals surface area contributed by atoms with Crippen molar-refractivity contribution in [3.63, 3.8) is 0 Å². The highest BCUT2D eigenvalue weighted by Crippen LogP contribution is 2.51. The van der Waals surface area contributed by atoms with Crippen LogP contribution < -0.4 is 10.6 Å². The molecule has 0 saturated heterocycles. The molecule has 0 bridgehead atoms. The Bertz CT molecular complexity index is 1840. The summed E-state index contributed by atoms with van der Waals surface area (Å²) in [6.45, 7) is 9.88. The lowest BCUT2D eigenvalue weighted by Crippen LogP contribution is -2.42. The number of hydrogen-bond donors (Lipinski definition) is 1. The number of carbonyl (C=O) groups excluding carboxylic acids is 1. The summed E-state index contributed by atoms with van der Waals surface area (Å²) in [5.74, 6) is 0.0394. The maximum Gasteiger partial charge on any atom is 0.271 e. The summed E-state index contributed by atoms with van der Waals surface area (Å²) in [7, 11) is 0. The van der Waals surface area contributed by atoms with E-state index in [1.165, 1.54) is 12.1 Å². The van der Waals surface area contributed by atoms with Gasteiger partial charge in [-0.15, -0.1) is 11.8 Å². The number of nitrogens with two attached hydrogens (primary N) is 1. The van der Waals surface area contributed by atoms with E-state index >= 15 is 0 Å². The number of benzene rings is 3. The summed E-state index contributed by atoms with van der Waals surface area (Å²) in [6, 6.07) is 16.4. The predicted molar refractivity (Wildman–Crippen MR) is 177 cm³/mol. The average Bonchev–Trinajstić information content (AvgIpc) is 2.94. The number of anilines is 1. The minimum absolute atomic E-state index is 0.0582. The van der Waals surface area contributed by atoms with Crippen LogP contribution in [-0.2, 0) is 10.5 Å². The van der Waals surface area contributed by atoms with Crippen LogP contribution in [0, 0.1) is 47.6 Å². The van der Waals surface area contributed by atoms with Gasteiger partial charge in [0, 0.05) is 45.5 Å². The van der Waals surface area contributed by atoms with E-state index in [0.717, 1.165) is 32.7 Å². The van der Waals surface area contributed by atoms with Crippen molar-refractivity contribution >= 4 is 52.1 Å². The summed E-state index contributed by atoms with van der Waals surface area (Å²) in [4.78, 5) is 27.9. The molecule has 2 aliphatic rings. The van der Waals surface area contributed by atoms with E-state index in [1.54, 1.807) is 34.9 Å². The fraction of sp³-hybridized carbons (Fsp3) is 0.294. The molecule has 1 aliphatic heterocycles. The molecule has 226 valence electrons. The third-order valence-corrected chi connectivity index (χ3v) is 10.1. The summed E-state index contributed by atoms with van der Waals surface area (Å²) in [5, 5.41) is 23.5. The van der Waals surface area contributed by atoms with Crippen molar-refractivity contribution in [3.8, 4) is 6.07 Å². The lowest BCUT2D eigenvalue weighted by Gasteiger charge is -2.44. The van der Waals surface area contributed by atoms with Gasteiger partial charge in [-0.3, -0.25) is 19.8 Å². The molecule has 1 heterocycles. The third kappa shape index (κ3) is 5.84. The molecule has 0 spiro atoms. The molecule has 1 atom stereocenters. The molecule has 0 saturated carbocycles. The molecule has 44 heavy (non-hydrogen) atoms. The summed E-state index contributed by atoms with van der Waals surface area (Å²) in [6.07, 6.45) is 0.816. The van der Waals surface area contributed by atoms with E-state index in [9.17, 15) is 20.2 Å². The van der Waals surface area contributed by atoms with E-state index < -0.39 is 10.8 Å². The van der Waals surface area contributed by atoms with Gasteiger partial charge in [-0.1, -0.05) is 60.8 Å². The molecule has 0 radical (unpaired) electrons. The number of nitriles is 1. The van der Waals surface area contributed by atoms with E-state index in [-0.39, 0.29) is 28.3 Å². The van der Waals surface area contributed by atoms with Gasteiger partial charge in [0.2, 0.25) is 0 Å². The highest BCUT2D eigenvalue weighted by atomic mass is 35.5. The molecule has 0 aromatic heterocycles. The molecule has 7 nitrogen and oxygen atoms in total. The predicted octanol–water partition coefficient (Wildman–Crippen LogP) is 9.06. The Morgan fingerprint density at radius 3 is 2.52 bits per heavy atom. The van der Waals surface area contributed by atoms with Crippen molar-refractivity contribution in [1.82, 2.24) is 0 Å². The standard InChI is InChI=1S/C34H32Cl2N4O3S/c1-18-10-21(17-44-30-12-22(35)7-9-26(30)36)20(3)24(11-18)31-25(16-37)33(38)39(27-13-23(40(42)43)8-6-19(27)2)28-14-34(4,5)15-29(41)32(28)31/h6-13,31H,14-15,17,38H2,1-5H3. The van der Waals surface area contributed by atoms with E-state index in [1.807, 2.05) is 46.8 Å². The number of nitro benzene ring substituents is 1. The number of allylic oxidation sites excluding steroid dienone is 3. The molecule has 5 rings (SSSR count). The lowest BCUT2D eigenvalue weighted by molar-refractivity contribution is -0.384. The first-order valence-electron chi connectivity index (χ1n) is 14.1. The number of hydrogen-bond acceptors (Lipinski definition) is 7. The van der Waals surface area contributed by atoms with Gasteiger partial charge in [-0.25, -0.2) is 0 Å². The van der Waals surface area contributed by atoms with Crippen molar-refractivity contribution in [1.29, 1.82) is 5.26 Å². The van der Waals surface area contributed by atoms with Crippen LogP contribution in [0.5, 0.6) is 0 Å². The fourth-order valence-electron chi connectivity index (χ4n) is 6.20. The maximum atomic E-state index is 14.1. The van der Waals surface area contributed by atoms with Crippen LogP contribution in [0.4, 0.5) is 11.4 Å². The summed E-state index contributed by atoms with van der Waals surface area (Å²) < 4.78 is 0. The number of thioether (sulfide) groups is 1. The van der Waals surface area contributed by atoms with Gasteiger partial charge in [-0.05, 0) is 73.1 Å². The monoisotopic (exact) mass is 646 g/mol. The minimum atomic E-state index is -0.674. The number of aryl methyl sites for hydroxylation is 2. The molecule has 3 aromatic rings. The number of carbonyl (C=O) groups is 1. The van der Waals surface area contributed by atoms with Crippen LogP contribution in [0.25, 0.3) is 0 Å². The molecule has 10 heteroatoms. The quantitative estimate of drug-likeness (QED) is 0.161. The van der Waals surface area contributed by atoms with Gasteiger partial charge in [-0.2, -0.15) is 5.26 Å². The number of Topliss-reactive ketones (excluding diaryl/α,β-unsaturated/α-hetero) is 1. The van der Waals surface area contributed by atoms with Crippen LogP contribution in [0.2, 0.25) is 10.0 Å². The van der Waals surface area contributed by atoms with Crippen molar-refractivity contribution in [2.45, 2.75) is 64.0 Å². The topological polar surface area (TPSA) is 113 Å². The van der Waals surface area contributed by atoms with Crippen LogP contribution in [0.1, 0.15) is 60.4 Å². The van der Waals surface area contributed by atoms with E-state index in [2.05, 4.69) is 12.1 Å². The molecular weight excluding hydrogens is 615 g/mol. The van der Waals surface area contributed by atoms with Crippen molar-refractivity contribution < 1.29 is 9.72 Å². The van der Waals surface area contributed by atoms with E-state index in [4.69, 9.17) is 28.9 Å². The lowest BCUT2D eigenvalue weighted by atomic mass is 9.68. The number of rotatable bonds is 6. The molecular formula is C34H32Cl2N4O3S. The molecule has 3 aromatic carbocycles. The zero-order chi connectivity index (χ0) is 32.1. The second-order valence-corrected chi connectivity index (χ2v) is 14.1. The average molecular weight is 648 g/mol. The first-order valence-corrected chi connectivity index (χ1v) is 15.9. The zero-order valence-electron chi connectivity index (χ0n) is 25.1. The summed E-state index contributed by atoms with van der Waals surface area (Å²) in [5.41, 5.74) is 12.9. The minimum Gasteiger partial charge on any atom is -0.384 e. The Labute approximate surface area is 271 Å². The summed E-state index contributed by atoms with van der Waals surface area (Å²) >= 11 is 14.2. The van der Waals surface area contributed by atoms with Crippen molar-refractivity contribution in [3.05, 3.63) is 119 Å². The van der Waals surface area contributed by atoms with Crippen LogP contribution in [0.15, 0.2) is 76.1 Å². The Morgan fingerprint density at radius 1 is 1.11 bits per heavy atom. The number of halogens is 2. The second-order valence-electron chi connectivity index (χ2n) is 12.2. The molecule has 0 fully saturated rings. The highest BCUT2D eigenvalue weighted by molar-refractivity contribution is 7.98. The molecule has 1 aliphatic carbocycles. The molecule has 1 unspecified atom stereocenters. The largest absolute Gasteiger partial charge is 0.384 e. The Balaban J connectivity index is 1.70. The molecule has 0 amide bonds. The van der Waals surface area contributed by atoms with Crippen molar-refractivity contribution in [2.24, 2.45) is 11.1 Å². The van der Waals surface area contributed by atoms with E-state index in [0.29, 0.717) is 45.6 Å². The third-order valence-electron chi connectivity index (χ3n) is 8.31. The smallest absolute Gasteiger partial charge is 0.271 e. The van der Waals surface area contributed by atoms with Gasteiger partial charge >= 0.3 is 0 Å². The molecule has 2 N–H and O–H groups in total. The van der Waals surface area contributed by atoms with Crippen molar-refractivity contribution in [2.75, 3.05) is 4.90 Å². The van der Waals surface area contributed by atoms with Gasteiger partial charge in [0.05, 0.1) is 33.2 Å². The number of nitro groups is 1. The first-order chi connectivity index (χ1) is 20.7. The normalized spacial score (nSPS) is 17.9. The fourth-order valence-corrected chi connectivity index (χ4v) is 7.75. The van der Waals surface area contributed by atoms with Gasteiger partial charge in [0.15, 0.2) is 5.78 Å². The van der Waals surface area contributed by atoms with Crippen LogP contribution in [0.3, 0.4) is 0 Å². The number of nitrogens with zero attached hydrogens (tertiary/aromatic N) is 3. The SMILES string of the molecule is Cc1cc(CSc2cc(Cl)ccc2Cl)c(C)c(C2C(C#N)=C(N)N(c3cc([N+](=O)[O-])ccc3C)C3=C2C(=O)CC(C)(C)C3)c1. The Morgan fingerprint density at radius 2 is 1.84 bits per heavy atom. The van der Waals surface area contributed by atoms with Gasteiger partial charge < -0.3 is 5.73 Å². The van der Waals surface area contributed by atoms with Gasteiger partial charge in [0.1, 0.15) is 5.82 Å². The Kier molecular flexibility index (Phi) is 8.60. The van der Waals surface area contributed by atoms with Crippen LogP contribution >= 0.6 is 35.0 Å². The number of non-ortho nitro benzene ring substituents is 1. The van der Waals surface area contributed by atoms with Gasteiger partial charge in [0.25, 0.3) is 5.69 Å².